The lowest BCUT2D eigenvalue weighted by atomic mass is 10.0. The predicted molar refractivity (Wildman–Crippen MR) is 72.2 cm³/mol. The number of aromatic nitrogens is 2. The van der Waals surface area contributed by atoms with Gasteiger partial charge in [0, 0.05) is 31.4 Å². The molecule has 0 aromatic carbocycles. The summed E-state index contributed by atoms with van der Waals surface area (Å²) in [6.45, 7) is 4.02. The normalized spacial score (nSPS) is 19.6. The van der Waals surface area contributed by atoms with Crippen LogP contribution in [-0.4, -0.2) is 43.3 Å². The second-order valence-corrected chi connectivity index (χ2v) is 4.88. The third-order valence-electron chi connectivity index (χ3n) is 3.28. The first-order chi connectivity index (χ1) is 8.69. The summed E-state index contributed by atoms with van der Waals surface area (Å²) in [5.74, 6) is 1.36. The number of nitrogens with zero attached hydrogens (tertiary/aromatic N) is 3. The molecule has 5 heteroatoms. The summed E-state index contributed by atoms with van der Waals surface area (Å²) in [5, 5.41) is 3.53. The van der Waals surface area contributed by atoms with E-state index in [2.05, 4.69) is 20.2 Å². The molecule has 1 aliphatic heterocycles. The van der Waals surface area contributed by atoms with Crippen LogP contribution in [0, 0.1) is 6.92 Å². The predicted octanol–water partition coefficient (Wildman–Crippen LogP) is 1.37. The van der Waals surface area contributed by atoms with Crippen molar-refractivity contribution in [3.05, 3.63) is 11.8 Å². The van der Waals surface area contributed by atoms with Gasteiger partial charge >= 0.3 is 0 Å². The van der Waals surface area contributed by atoms with Gasteiger partial charge in [0.2, 0.25) is 11.8 Å². The van der Waals surface area contributed by atoms with Crippen LogP contribution in [0.25, 0.3) is 0 Å². The molecule has 1 fully saturated rings. The Balaban J connectivity index is 2.02. The molecule has 1 aliphatic rings. The smallest absolute Gasteiger partial charge is 0.228 e. The lowest BCUT2D eigenvalue weighted by molar-refractivity contribution is 0.391. The van der Waals surface area contributed by atoms with Crippen LogP contribution in [0.5, 0.6) is 5.88 Å². The van der Waals surface area contributed by atoms with Crippen molar-refractivity contribution in [2.45, 2.75) is 32.2 Å². The van der Waals surface area contributed by atoms with E-state index in [0.717, 1.165) is 24.7 Å². The number of rotatable bonds is 4. The van der Waals surface area contributed by atoms with Gasteiger partial charge in [-0.05, 0) is 26.3 Å². The van der Waals surface area contributed by atoms with E-state index in [4.69, 9.17) is 4.74 Å². The van der Waals surface area contributed by atoms with Crippen LogP contribution >= 0.6 is 0 Å². The van der Waals surface area contributed by atoms with Gasteiger partial charge in [0.25, 0.3) is 0 Å². The van der Waals surface area contributed by atoms with E-state index in [1.165, 1.54) is 19.3 Å². The zero-order chi connectivity index (χ0) is 13.0. The lowest BCUT2D eigenvalue weighted by Crippen LogP contribution is -2.42. The average molecular weight is 250 g/mol. The second kappa shape index (κ2) is 6.00. The highest BCUT2D eigenvalue weighted by atomic mass is 16.5. The zero-order valence-corrected chi connectivity index (χ0v) is 11.4. The first-order valence-electron chi connectivity index (χ1n) is 6.53. The van der Waals surface area contributed by atoms with Gasteiger partial charge in [-0.15, -0.1) is 0 Å². The van der Waals surface area contributed by atoms with Gasteiger partial charge in [-0.2, -0.15) is 4.98 Å². The third kappa shape index (κ3) is 3.32. The number of piperidine rings is 1. The number of hydrogen-bond donors (Lipinski definition) is 1. The van der Waals surface area contributed by atoms with E-state index in [1.807, 2.05) is 20.0 Å². The number of ether oxygens (including phenoxy) is 1. The molecule has 1 aromatic rings. The van der Waals surface area contributed by atoms with Crippen molar-refractivity contribution >= 4 is 5.95 Å². The minimum absolute atomic E-state index is 0.541. The second-order valence-electron chi connectivity index (χ2n) is 4.88. The molecule has 18 heavy (non-hydrogen) atoms. The molecule has 0 amide bonds. The molecule has 1 atom stereocenters. The van der Waals surface area contributed by atoms with Crippen molar-refractivity contribution in [2.75, 3.05) is 32.1 Å². The number of anilines is 1. The molecule has 1 unspecified atom stereocenters. The number of nitrogens with one attached hydrogen (secondary N) is 1. The fourth-order valence-corrected chi connectivity index (χ4v) is 2.29. The summed E-state index contributed by atoms with van der Waals surface area (Å²) < 4.78 is 5.18. The fourth-order valence-electron chi connectivity index (χ4n) is 2.29. The van der Waals surface area contributed by atoms with E-state index in [1.54, 1.807) is 7.11 Å². The van der Waals surface area contributed by atoms with Gasteiger partial charge in [0.05, 0.1) is 7.11 Å². The Morgan fingerprint density at radius 3 is 2.94 bits per heavy atom. The van der Waals surface area contributed by atoms with E-state index in [0.29, 0.717) is 11.9 Å². The van der Waals surface area contributed by atoms with Gasteiger partial charge in [0.15, 0.2) is 0 Å². The fraction of sp³-hybridized carbons (Fsp3) is 0.692. The number of hydrogen-bond acceptors (Lipinski definition) is 5. The highest BCUT2D eigenvalue weighted by molar-refractivity contribution is 5.33. The van der Waals surface area contributed by atoms with Crippen LogP contribution in [-0.2, 0) is 0 Å². The van der Waals surface area contributed by atoms with Gasteiger partial charge < -0.3 is 15.0 Å². The number of aryl methyl sites for hydroxylation is 1. The van der Waals surface area contributed by atoms with Gasteiger partial charge in [-0.25, -0.2) is 4.98 Å². The lowest BCUT2D eigenvalue weighted by Gasteiger charge is -2.28. The summed E-state index contributed by atoms with van der Waals surface area (Å²) in [6.07, 6.45) is 3.83. The summed E-state index contributed by atoms with van der Waals surface area (Å²) >= 11 is 0. The van der Waals surface area contributed by atoms with E-state index in [-0.39, 0.29) is 0 Å². The monoisotopic (exact) mass is 250 g/mol. The van der Waals surface area contributed by atoms with Crippen molar-refractivity contribution in [2.24, 2.45) is 0 Å². The molecule has 2 rings (SSSR count). The summed E-state index contributed by atoms with van der Waals surface area (Å²) in [4.78, 5) is 10.9. The summed E-state index contributed by atoms with van der Waals surface area (Å²) in [7, 11) is 3.67. The minimum atomic E-state index is 0.541. The van der Waals surface area contributed by atoms with Crippen LogP contribution in [0.2, 0.25) is 0 Å². The topological polar surface area (TPSA) is 50.3 Å². The van der Waals surface area contributed by atoms with E-state index in [9.17, 15) is 0 Å². The molecule has 100 valence electrons. The maximum Gasteiger partial charge on any atom is 0.228 e. The van der Waals surface area contributed by atoms with Gasteiger partial charge in [-0.3, -0.25) is 0 Å². The van der Waals surface area contributed by atoms with Gasteiger partial charge in [0.1, 0.15) is 0 Å². The minimum Gasteiger partial charge on any atom is -0.481 e. The third-order valence-corrected chi connectivity index (χ3v) is 3.28. The van der Waals surface area contributed by atoms with Crippen molar-refractivity contribution in [3.8, 4) is 5.88 Å². The van der Waals surface area contributed by atoms with Crippen LogP contribution in [0.1, 0.15) is 25.0 Å². The SMILES string of the molecule is COc1cc(C)nc(N(C)CC2CCCCN2)n1. The molecular weight excluding hydrogens is 228 g/mol. The Kier molecular flexibility index (Phi) is 4.36. The Morgan fingerprint density at radius 1 is 1.44 bits per heavy atom. The molecule has 1 N–H and O–H groups in total. The summed E-state index contributed by atoms with van der Waals surface area (Å²) in [6, 6.07) is 2.38. The first kappa shape index (κ1) is 13.1. The molecule has 0 saturated carbocycles. The standard InChI is InChI=1S/C13H22N4O/c1-10-8-12(18-3)16-13(15-10)17(2)9-11-6-4-5-7-14-11/h8,11,14H,4-7,9H2,1-3H3. The maximum atomic E-state index is 5.18. The number of likely N-dealkylation sites (N-methyl/N-ethyl adjacent to an activating group) is 1. The number of methoxy groups -OCH3 is 1. The zero-order valence-electron chi connectivity index (χ0n) is 11.4. The Labute approximate surface area is 109 Å². The Bertz CT molecular complexity index is 391. The van der Waals surface area contributed by atoms with E-state index < -0.39 is 0 Å². The van der Waals surface area contributed by atoms with Gasteiger partial charge in [-0.1, -0.05) is 6.42 Å². The Hall–Kier alpha value is -1.36. The van der Waals surface area contributed by atoms with Crippen LogP contribution in [0.4, 0.5) is 5.95 Å². The molecule has 0 bridgehead atoms. The van der Waals surface area contributed by atoms with E-state index >= 15 is 0 Å². The highest BCUT2D eigenvalue weighted by Gasteiger charge is 2.16. The van der Waals surface area contributed by atoms with Crippen LogP contribution in [0.3, 0.4) is 0 Å². The molecule has 0 spiro atoms. The van der Waals surface area contributed by atoms with Crippen molar-refractivity contribution in [3.63, 3.8) is 0 Å². The molecule has 1 aromatic heterocycles. The largest absolute Gasteiger partial charge is 0.481 e. The molecule has 5 nitrogen and oxygen atoms in total. The quantitative estimate of drug-likeness (QED) is 0.874. The molecule has 0 aliphatic carbocycles. The maximum absolute atomic E-state index is 5.18. The van der Waals surface area contributed by atoms with Crippen LogP contribution in [0.15, 0.2) is 6.07 Å². The molecular formula is C13H22N4O. The Morgan fingerprint density at radius 2 is 2.28 bits per heavy atom. The average Bonchev–Trinajstić information content (AvgIpc) is 2.39. The van der Waals surface area contributed by atoms with Crippen molar-refractivity contribution in [1.29, 1.82) is 0 Å². The first-order valence-corrected chi connectivity index (χ1v) is 6.53. The molecule has 0 radical (unpaired) electrons. The molecule has 2 heterocycles. The molecule has 1 saturated heterocycles. The van der Waals surface area contributed by atoms with Crippen molar-refractivity contribution < 1.29 is 4.74 Å². The van der Waals surface area contributed by atoms with Crippen molar-refractivity contribution in [1.82, 2.24) is 15.3 Å². The highest BCUT2D eigenvalue weighted by Crippen LogP contribution is 2.15. The summed E-state index contributed by atoms with van der Waals surface area (Å²) in [5.41, 5.74) is 0.931. The van der Waals surface area contributed by atoms with Crippen LogP contribution < -0.4 is 15.0 Å².